The van der Waals surface area contributed by atoms with Crippen molar-refractivity contribution in [2.75, 3.05) is 18.0 Å². The molecule has 3 heteroatoms. The van der Waals surface area contributed by atoms with Crippen molar-refractivity contribution < 1.29 is 9.84 Å². The van der Waals surface area contributed by atoms with E-state index in [1.54, 1.807) is 12.1 Å². The lowest BCUT2D eigenvalue weighted by atomic mass is 9.97. The number of likely N-dealkylation sites (N-methyl/N-ethyl adjacent to an activating group) is 1. The first-order valence-electron chi connectivity index (χ1n) is 7.88. The van der Waals surface area contributed by atoms with E-state index in [9.17, 15) is 5.11 Å². The van der Waals surface area contributed by atoms with Gasteiger partial charge in [-0.25, -0.2) is 0 Å². The fourth-order valence-corrected chi connectivity index (χ4v) is 3.10. The number of aromatic hydroxyl groups is 1. The molecule has 0 bridgehead atoms. The van der Waals surface area contributed by atoms with Gasteiger partial charge in [0.1, 0.15) is 17.6 Å². The lowest BCUT2D eigenvalue weighted by Gasteiger charge is -2.36. The van der Waals surface area contributed by atoms with E-state index in [4.69, 9.17) is 4.74 Å². The van der Waals surface area contributed by atoms with Crippen LogP contribution >= 0.6 is 0 Å². The van der Waals surface area contributed by atoms with Crippen LogP contribution in [0.2, 0.25) is 0 Å². The molecule has 0 amide bonds. The zero-order chi connectivity index (χ0) is 15.7. The topological polar surface area (TPSA) is 32.7 Å². The number of phenolic OH excluding ortho intramolecular Hbond substituents is 1. The predicted molar refractivity (Wildman–Crippen MR) is 90.0 cm³/mol. The first kappa shape index (κ1) is 14.8. The van der Waals surface area contributed by atoms with Crippen molar-refractivity contribution in [2.45, 2.75) is 33.3 Å². The zero-order valence-corrected chi connectivity index (χ0v) is 13.5. The predicted octanol–water partition coefficient (Wildman–Crippen LogP) is 3.84. The summed E-state index contributed by atoms with van der Waals surface area (Å²) in [5.41, 5.74) is 5.07. The van der Waals surface area contributed by atoms with Crippen LogP contribution < -0.4 is 9.64 Å². The van der Waals surface area contributed by atoms with Gasteiger partial charge in [0.2, 0.25) is 0 Å². The van der Waals surface area contributed by atoms with E-state index in [2.05, 4.69) is 43.9 Å². The van der Waals surface area contributed by atoms with Crippen molar-refractivity contribution in [1.29, 1.82) is 0 Å². The number of hydrogen-bond acceptors (Lipinski definition) is 3. The van der Waals surface area contributed by atoms with Crippen LogP contribution in [-0.4, -0.2) is 24.3 Å². The molecule has 3 nitrogen and oxygen atoms in total. The van der Waals surface area contributed by atoms with Crippen LogP contribution in [0.5, 0.6) is 11.5 Å². The average molecular weight is 297 g/mol. The van der Waals surface area contributed by atoms with Gasteiger partial charge in [0, 0.05) is 19.0 Å². The molecule has 0 radical (unpaired) electrons. The lowest BCUT2D eigenvalue weighted by Crippen LogP contribution is -2.41. The Kier molecular flexibility index (Phi) is 3.97. The van der Waals surface area contributed by atoms with E-state index in [0.717, 1.165) is 30.9 Å². The maximum absolute atomic E-state index is 9.71. The quantitative estimate of drug-likeness (QED) is 0.934. The minimum atomic E-state index is 0.106. The standard InChI is InChI=1S/C19H23NO2/c1-4-20-12-17(10-15-7-5-6-13(2)14(15)3)22-19-11-16(21)8-9-18(19)20/h5-9,11,17,21H,4,10,12H2,1-3H3. The second-order valence-corrected chi connectivity index (χ2v) is 5.99. The molecule has 116 valence electrons. The molecule has 1 aliphatic heterocycles. The highest BCUT2D eigenvalue weighted by molar-refractivity contribution is 5.62. The van der Waals surface area contributed by atoms with Crippen LogP contribution in [0, 0.1) is 13.8 Å². The summed E-state index contributed by atoms with van der Waals surface area (Å²) >= 11 is 0. The molecule has 0 aromatic heterocycles. The van der Waals surface area contributed by atoms with Gasteiger partial charge in [0.05, 0.1) is 12.2 Å². The molecular weight excluding hydrogens is 274 g/mol. The number of anilines is 1. The number of phenols is 1. The van der Waals surface area contributed by atoms with Crippen LogP contribution in [0.15, 0.2) is 36.4 Å². The van der Waals surface area contributed by atoms with Crippen LogP contribution in [0.25, 0.3) is 0 Å². The Morgan fingerprint density at radius 1 is 1.23 bits per heavy atom. The molecule has 1 atom stereocenters. The smallest absolute Gasteiger partial charge is 0.146 e. The summed E-state index contributed by atoms with van der Waals surface area (Å²) in [6.07, 6.45) is 0.994. The molecule has 1 unspecified atom stereocenters. The number of hydrogen-bond donors (Lipinski definition) is 1. The summed E-state index contributed by atoms with van der Waals surface area (Å²) in [5, 5.41) is 9.71. The minimum Gasteiger partial charge on any atom is -0.508 e. The molecule has 1 heterocycles. The number of rotatable bonds is 3. The molecule has 0 saturated heterocycles. The highest BCUT2D eigenvalue weighted by atomic mass is 16.5. The summed E-state index contributed by atoms with van der Waals surface area (Å²) in [5.74, 6) is 1.03. The number of ether oxygens (including phenoxy) is 1. The third kappa shape index (κ3) is 2.76. The second-order valence-electron chi connectivity index (χ2n) is 5.99. The Bertz CT molecular complexity index is 681. The molecular formula is C19H23NO2. The van der Waals surface area contributed by atoms with Gasteiger partial charge in [-0.2, -0.15) is 0 Å². The Labute approximate surface area is 132 Å². The SMILES string of the molecule is CCN1CC(Cc2cccc(C)c2C)Oc2cc(O)ccc21. The molecule has 1 aliphatic rings. The van der Waals surface area contributed by atoms with Gasteiger partial charge >= 0.3 is 0 Å². The van der Waals surface area contributed by atoms with Gasteiger partial charge in [0.25, 0.3) is 0 Å². The average Bonchev–Trinajstić information content (AvgIpc) is 2.50. The van der Waals surface area contributed by atoms with Gasteiger partial charge in [-0.05, 0) is 49.6 Å². The number of nitrogens with zero attached hydrogens (tertiary/aromatic N) is 1. The van der Waals surface area contributed by atoms with E-state index in [1.807, 2.05) is 6.07 Å². The van der Waals surface area contributed by atoms with Crippen LogP contribution in [0.4, 0.5) is 5.69 Å². The Morgan fingerprint density at radius 3 is 2.82 bits per heavy atom. The molecule has 1 N–H and O–H groups in total. The van der Waals surface area contributed by atoms with Gasteiger partial charge in [-0.3, -0.25) is 0 Å². The molecule has 0 fully saturated rings. The van der Waals surface area contributed by atoms with Crippen LogP contribution in [-0.2, 0) is 6.42 Å². The van der Waals surface area contributed by atoms with Gasteiger partial charge in [-0.15, -0.1) is 0 Å². The van der Waals surface area contributed by atoms with Gasteiger partial charge in [-0.1, -0.05) is 18.2 Å². The van der Waals surface area contributed by atoms with Crippen molar-refractivity contribution in [3.63, 3.8) is 0 Å². The van der Waals surface area contributed by atoms with Crippen LogP contribution in [0.3, 0.4) is 0 Å². The number of aryl methyl sites for hydroxylation is 1. The highest BCUT2D eigenvalue weighted by Crippen LogP contribution is 2.36. The minimum absolute atomic E-state index is 0.106. The molecule has 2 aromatic rings. The highest BCUT2D eigenvalue weighted by Gasteiger charge is 2.25. The lowest BCUT2D eigenvalue weighted by molar-refractivity contribution is 0.193. The van der Waals surface area contributed by atoms with Crippen molar-refractivity contribution in [1.82, 2.24) is 0 Å². The van der Waals surface area contributed by atoms with Crippen LogP contribution in [0.1, 0.15) is 23.6 Å². The van der Waals surface area contributed by atoms with Gasteiger partial charge < -0.3 is 14.7 Å². The first-order valence-corrected chi connectivity index (χ1v) is 7.88. The monoisotopic (exact) mass is 297 g/mol. The summed E-state index contributed by atoms with van der Waals surface area (Å²) in [7, 11) is 0. The number of fused-ring (bicyclic) bond motifs is 1. The maximum atomic E-state index is 9.71. The van der Waals surface area contributed by atoms with E-state index < -0.39 is 0 Å². The largest absolute Gasteiger partial charge is 0.508 e. The van der Waals surface area contributed by atoms with Crippen molar-refractivity contribution >= 4 is 5.69 Å². The molecule has 3 rings (SSSR count). The number of benzene rings is 2. The Morgan fingerprint density at radius 2 is 2.05 bits per heavy atom. The molecule has 0 aliphatic carbocycles. The Balaban J connectivity index is 1.86. The maximum Gasteiger partial charge on any atom is 0.146 e. The zero-order valence-electron chi connectivity index (χ0n) is 13.5. The van der Waals surface area contributed by atoms with E-state index >= 15 is 0 Å². The van der Waals surface area contributed by atoms with E-state index in [0.29, 0.717) is 0 Å². The molecule has 0 spiro atoms. The summed E-state index contributed by atoms with van der Waals surface area (Å²) in [6.45, 7) is 8.28. The van der Waals surface area contributed by atoms with E-state index in [1.165, 1.54) is 16.7 Å². The normalized spacial score (nSPS) is 17.0. The van der Waals surface area contributed by atoms with Gasteiger partial charge in [0.15, 0.2) is 0 Å². The third-order valence-corrected chi connectivity index (χ3v) is 4.55. The molecule has 0 saturated carbocycles. The fraction of sp³-hybridized carbons (Fsp3) is 0.368. The Hall–Kier alpha value is -2.16. The third-order valence-electron chi connectivity index (χ3n) is 4.55. The summed E-state index contributed by atoms with van der Waals surface area (Å²) in [4.78, 5) is 2.31. The first-order chi connectivity index (χ1) is 10.6. The molecule has 22 heavy (non-hydrogen) atoms. The fourth-order valence-electron chi connectivity index (χ4n) is 3.10. The summed E-state index contributed by atoms with van der Waals surface area (Å²) < 4.78 is 6.14. The van der Waals surface area contributed by atoms with E-state index in [-0.39, 0.29) is 11.9 Å². The second kappa shape index (κ2) is 5.91. The molecule has 2 aromatic carbocycles. The summed E-state index contributed by atoms with van der Waals surface area (Å²) in [6, 6.07) is 11.8. The van der Waals surface area contributed by atoms with Crippen molar-refractivity contribution in [3.8, 4) is 11.5 Å². The van der Waals surface area contributed by atoms with Crippen molar-refractivity contribution in [3.05, 3.63) is 53.1 Å². The van der Waals surface area contributed by atoms with Crippen molar-refractivity contribution in [2.24, 2.45) is 0 Å².